The van der Waals surface area contributed by atoms with E-state index in [1.54, 1.807) is 7.11 Å². The van der Waals surface area contributed by atoms with Crippen molar-refractivity contribution in [1.82, 2.24) is 24.3 Å². The summed E-state index contributed by atoms with van der Waals surface area (Å²) < 4.78 is 8.01. The summed E-state index contributed by atoms with van der Waals surface area (Å²) in [6.45, 7) is 11.4. The first-order valence-electron chi connectivity index (χ1n) is 15.6. The first kappa shape index (κ1) is 29.8. The van der Waals surface area contributed by atoms with Crippen LogP contribution in [0.3, 0.4) is 0 Å². The molecule has 0 amide bonds. The number of piperazine rings is 1. The molecule has 2 aromatic carbocycles. The highest BCUT2D eigenvalue weighted by molar-refractivity contribution is 8.00. The molecule has 0 bridgehead atoms. The fourth-order valence-electron chi connectivity index (χ4n) is 6.38. The summed E-state index contributed by atoms with van der Waals surface area (Å²) in [7, 11) is 6.03. The molecule has 0 radical (unpaired) electrons. The van der Waals surface area contributed by atoms with E-state index >= 15 is 0 Å². The Bertz CT molecular complexity index is 1540. The number of aromatic nitrogens is 3. The van der Waals surface area contributed by atoms with Gasteiger partial charge < -0.3 is 24.4 Å². The van der Waals surface area contributed by atoms with E-state index < -0.39 is 0 Å². The van der Waals surface area contributed by atoms with Crippen molar-refractivity contribution >= 4 is 40.0 Å². The van der Waals surface area contributed by atoms with Gasteiger partial charge >= 0.3 is 0 Å². The second-order valence-electron chi connectivity index (χ2n) is 12.2. The molecule has 2 aliphatic heterocycles. The SMILES string of the molecule is COc1cc(N2CCC(N3CCN(C)CC3)CC2)ccc1Cc1nc(Nc2ccccc2SC(C)C)c2c(ccn2C)n1. The summed E-state index contributed by atoms with van der Waals surface area (Å²) in [5.74, 6) is 2.49. The van der Waals surface area contributed by atoms with E-state index in [-0.39, 0.29) is 0 Å². The number of aryl methyl sites for hydroxylation is 1. The van der Waals surface area contributed by atoms with Crippen molar-refractivity contribution in [2.24, 2.45) is 7.05 Å². The number of ether oxygens (including phenoxy) is 1. The second-order valence-corrected chi connectivity index (χ2v) is 13.8. The molecule has 0 atom stereocenters. The lowest BCUT2D eigenvalue weighted by Crippen LogP contribution is -2.52. The number of para-hydroxylation sites is 1. The Morgan fingerprint density at radius 1 is 0.953 bits per heavy atom. The zero-order valence-electron chi connectivity index (χ0n) is 26.2. The number of hydrogen-bond acceptors (Lipinski definition) is 8. The fourth-order valence-corrected chi connectivity index (χ4v) is 7.30. The summed E-state index contributed by atoms with van der Waals surface area (Å²) in [5, 5.41) is 4.13. The molecule has 228 valence electrons. The van der Waals surface area contributed by atoms with Crippen LogP contribution in [0.1, 0.15) is 38.1 Å². The fraction of sp³-hybridized carbons (Fsp3) is 0.471. The quantitative estimate of drug-likeness (QED) is 0.234. The number of benzene rings is 2. The van der Waals surface area contributed by atoms with Crippen molar-refractivity contribution in [2.45, 2.75) is 49.3 Å². The van der Waals surface area contributed by atoms with E-state index in [1.807, 2.05) is 25.0 Å². The molecule has 1 N–H and O–H groups in total. The van der Waals surface area contributed by atoms with Gasteiger partial charge in [-0.1, -0.05) is 32.0 Å². The molecule has 0 unspecified atom stereocenters. The Morgan fingerprint density at radius 3 is 2.47 bits per heavy atom. The number of thioether (sulfide) groups is 1. The molecule has 9 heteroatoms. The Hall–Kier alpha value is -3.27. The summed E-state index contributed by atoms with van der Waals surface area (Å²) in [4.78, 5) is 18.9. The summed E-state index contributed by atoms with van der Waals surface area (Å²) >= 11 is 1.85. The van der Waals surface area contributed by atoms with Gasteiger partial charge in [-0.25, -0.2) is 9.97 Å². The van der Waals surface area contributed by atoms with E-state index in [9.17, 15) is 0 Å². The van der Waals surface area contributed by atoms with Gasteiger partial charge in [0.05, 0.1) is 18.3 Å². The minimum absolute atomic E-state index is 0.484. The van der Waals surface area contributed by atoms with Gasteiger partial charge in [-0.3, -0.25) is 4.90 Å². The van der Waals surface area contributed by atoms with Crippen LogP contribution >= 0.6 is 11.8 Å². The highest BCUT2D eigenvalue weighted by atomic mass is 32.2. The first-order valence-corrected chi connectivity index (χ1v) is 16.4. The van der Waals surface area contributed by atoms with Gasteiger partial charge in [0, 0.05) is 92.4 Å². The van der Waals surface area contributed by atoms with Crippen LogP contribution in [0.5, 0.6) is 5.75 Å². The summed E-state index contributed by atoms with van der Waals surface area (Å²) in [6.07, 6.45) is 5.07. The van der Waals surface area contributed by atoms with E-state index in [2.05, 4.69) is 94.0 Å². The molecule has 2 fully saturated rings. The number of nitrogens with one attached hydrogen (secondary N) is 1. The average Bonchev–Trinajstić information content (AvgIpc) is 3.39. The predicted octanol–water partition coefficient (Wildman–Crippen LogP) is 6.03. The normalized spacial score (nSPS) is 17.2. The maximum atomic E-state index is 5.93. The predicted molar refractivity (Wildman–Crippen MR) is 179 cm³/mol. The number of likely N-dealkylation sites (N-methyl/N-ethyl adjacent to an activating group) is 1. The van der Waals surface area contributed by atoms with Crippen molar-refractivity contribution in [3.8, 4) is 5.75 Å². The largest absolute Gasteiger partial charge is 0.496 e. The maximum absolute atomic E-state index is 5.93. The highest BCUT2D eigenvalue weighted by Crippen LogP contribution is 2.35. The standard InChI is InChI=1S/C34H45N7OS/c1-24(2)43-31-9-7-6-8-28(31)36-34-33-29(14-15-39(33)4)35-32(37-34)22-25-10-11-27(23-30(25)42-5)40-16-12-26(13-17-40)41-20-18-38(3)19-21-41/h6-11,14-15,23-24,26H,12-13,16-22H2,1-5H3,(H,35,36,37). The molecule has 2 aromatic heterocycles. The van der Waals surface area contributed by atoms with Crippen LogP contribution in [0.25, 0.3) is 11.0 Å². The van der Waals surface area contributed by atoms with Crippen LogP contribution in [0, 0.1) is 0 Å². The molecular formula is C34H45N7OS. The monoisotopic (exact) mass is 599 g/mol. The summed E-state index contributed by atoms with van der Waals surface area (Å²) in [5.41, 5.74) is 5.32. The third kappa shape index (κ3) is 6.79. The van der Waals surface area contributed by atoms with Gasteiger partial charge in [0.1, 0.15) is 17.1 Å². The van der Waals surface area contributed by atoms with Crippen molar-refractivity contribution in [3.63, 3.8) is 0 Å². The zero-order valence-corrected chi connectivity index (χ0v) is 27.0. The first-order chi connectivity index (χ1) is 20.9. The van der Waals surface area contributed by atoms with Crippen molar-refractivity contribution < 1.29 is 4.74 Å². The lowest BCUT2D eigenvalue weighted by Gasteiger charge is -2.42. The lowest BCUT2D eigenvalue weighted by atomic mass is 10.0. The minimum Gasteiger partial charge on any atom is -0.496 e. The van der Waals surface area contributed by atoms with Crippen LogP contribution in [0.4, 0.5) is 17.2 Å². The molecule has 43 heavy (non-hydrogen) atoms. The van der Waals surface area contributed by atoms with E-state index in [4.69, 9.17) is 14.7 Å². The van der Waals surface area contributed by atoms with Crippen molar-refractivity contribution in [3.05, 3.63) is 66.1 Å². The molecule has 8 nitrogen and oxygen atoms in total. The third-order valence-electron chi connectivity index (χ3n) is 8.77. The molecule has 4 heterocycles. The topological polar surface area (TPSA) is 61.7 Å². The number of methoxy groups -OCH3 is 1. The van der Waals surface area contributed by atoms with Gasteiger partial charge in [0.25, 0.3) is 0 Å². The Labute approximate surface area is 260 Å². The summed E-state index contributed by atoms with van der Waals surface area (Å²) in [6, 6.07) is 17.8. The molecule has 2 aliphatic rings. The smallest absolute Gasteiger partial charge is 0.158 e. The molecule has 4 aromatic rings. The van der Waals surface area contributed by atoms with Gasteiger partial charge in [0.2, 0.25) is 0 Å². The van der Waals surface area contributed by atoms with E-state index in [0.29, 0.717) is 17.7 Å². The van der Waals surface area contributed by atoms with E-state index in [0.717, 1.165) is 52.8 Å². The van der Waals surface area contributed by atoms with Crippen LogP contribution in [-0.4, -0.2) is 89.1 Å². The molecule has 0 saturated carbocycles. The molecule has 2 saturated heterocycles. The molecule has 0 spiro atoms. The maximum Gasteiger partial charge on any atom is 0.158 e. The van der Waals surface area contributed by atoms with Crippen molar-refractivity contribution in [2.75, 3.05) is 63.6 Å². The number of fused-ring (bicyclic) bond motifs is 1. The van der Waals surface area contributed by atoms with Gasteiger partial charge in [-0.2, -0.15) is 0 Å². The van der Waals surface area contributed by atoms with Crippen LogP contribution in [0.15, 0.2) is 59.6 Å². The van der Waals surface area contributed by atoms with Crippen LogP contribution < -0.4 is 15.0 Å². The highest BCUT2D eigenvalue weighted by Gasteiger charge is 2.27. The van der Waals surface area contributed by atoms with E-state index in [1.165, 1.54) is 49.6 Å². The Morgan fingerprint density at radius 2 is 1.72 bits per heavy atom. The van der Waals surface area contributed by atoms with Crippen LogP contribution in [-0.2, 0) is 13.5 Å². The number of hydrogen-bond donors (Lipinski definition) is 1. The molecule has 0 aliphatic carbocycles. The zero-order chi connectivity index (χ0) is 29.9. The van der Waals surface area contributed by atoms with Crippen LogP contribution in [0.2, 0.25) is 0 Å². The van der Waals surface area contributed by atoms with Crippen molar-refractivity contribution in [1.29, 1.82) is 0 Å². The lowest BCUT2D eigenvalue weighted by molar-refractivity contribution is 0.0982. The second kappa shape index (κ2) is 13.2. The number of nitrogens with zero attached hydrogens (tertiary/aromatic N) is 6. The van der Waals surface area contributed by atoms with Gasteiger partial charge in [0.15, 0.2) is 5.82 Å². The third-order valence-corrected chi connectivity index (χ3v) is 9.85. The minimum atomic E-state index is 0.484. The average molecular weight is 600 g/mol. The Kier molecular flexibility index (Phi) is 9.12. The molecule has 6 rings (SSSR count). The van der Waals surface area contributed by atoms with Gasteiger partial charge in [-0.15, -0.1) is 11.8 Å². The molecular weight excluding hydrogens is 554 g/mol. The van der Waals surface area contributed by atoms with Gasteiger partial charge in [-0.05, 0) is 44.2 Å². The number of rotatable bonds is 9. The number of piperidine rings is 1. The Balaban J connectivity index is 1.20. The number of anilines is 3.